The molecule has 0 bridgehead atoms. The van der Waals surface area contributed by atoms with Gasteiger partial charge in [-0.1, -0.05) is 18.2 Å². The predicted octanol–water partition coefficient (Wildman–Crippen LogP) is 3.07. The topological polar surface area (TPSA) is 22.1 Å². The molecule has 0 spiro atoms. The maximum Gasteiger partial charge on any atom is 0.126 e. The van der Waals surface area contributed by atoms with E-state index >= 15 is 0 Å². The third kappa shape index (κ3) is 1.84. The number of benzene rings is 1. The SMILES string of the molecule is COc1ccccc1-c1cnccc1C. The van der Waals surface area contributed by atoms with E-state index < -0.39 is 0 Å². The maximum absolute atomic E-state index is 5.33. The highest BCUT2D eigenvalue weighted by Gasteiger charge is 2.06. The minimum atomic E-state index is 0.883. The van der Waals surface area contributed by atoms with Crippen LogP contribution in [0.15, 0.2) is 42.7 Å². The zero-order valence-corrected chi connectivity index (χ0v) is 8.90. The van der Waals surface area contributed by atoms with Gasteiger partial charge in [0, 0.05) is 23.5 Å². The van der Waals surface area contributed by atoms with Gasteiger partial charge in [-0.3, -0.25) is 4.98 Å². The van der Waals surface area contributed by atoms with E-state index in [0.717, 1.165) is 16.9 Å². The number of aryl methyl sites for hydroxylation is 1. The van der Waals surface area contributed by atoms with Crippen molar-refractivity contribution in [3.05, 3.63) is 48.3 Å². The van der Waals surface area contributed by atoms with E-state index in [4.69, 9.17) is 4.74 Å². The Balaban J connectivity index is 2.59. The Morgan fingerprint density at radius 1 is 1.07 bits per heavy atom. The first-order valence-corrected chi connectivity index (χ1v) is 4.87. The molecule has 76 valence electrons. The lowest BCUT2D eigenvalue weighted by Gasteiger charge is -2.09. The maximum atomic E-state index is 5.33. The van der Waals surface area contributed by atoms with Crippen molar-refractivity contribution in [2.75, 3.05) is 7.11 Å². The van der Waals surface area contributed by atoms with E-state index in [2.05, 4.69) is 11.9 Å². The first kappa shape index (κ1) is 9.71. The highest BCUT2D eigenvalue weighted by atomic mass is 16.5. The van der Waals surface area contributed by atoms with E-state index in [9.17, 15) is 0 Å². The van der Waals surface area contributed by atoms with Crippen molar-refractivity contribution < 1.29 is 4.74 Å². The zero-order valence-electron chi connectivity index (χ0n) is 8.90. The van der Waals surface area contributed by atoms with Crippen LogP contribution in [0.4, 0.5) is 0 Å². The van der Waals surface area contributed by atoms with Crippen molar-refractivity contribution in [3.63, 3.8) is 0 Å². The van der Waals surface area contributed by atoms with Gasteiger partial charge in [-0.25, -0.2) is 0 Å². The number of aromatic nitrogens is 1. The van der Waals surface area contributed by atoms with Gasteiger partial charge in [-0.2, -0.15) is 0 Å². The average molecular weight is 199 g/mol. The van der Waals surface area contributed by atoms with Crippen LogP contribution in [0.3, 0.4) is 0 Å². The summed E-state index contributed by atoms with van der Waals surface area (Å²) in [6.07, 6.45) is 3.67. The lowest BCUT2D eigenvalue weighted by molar-refractivity contribution is 0.416. The van der Waals surface area contributed by atoms with Crippen LogP contribution in [0.5, 0.6) is 5.75 Å². The molecule has 0 fully saturated rings. The largest absolute Gasteiger partial charge is 0.496 e. The summed E-state index contributed by atoms with van der Waals surface area (Å²) in [6, 6.07) is 9.98. The summed E-state index contributed by atoms with van der Waals surface area (Å²) in [5.41, 5.74) is 3.41. The lowest BCUT2D eigenvalue weighted by Crippen LogP contribution is -1.90. The minimum absolute atomic E-state index is 0.883. The van der Waals surface area contributed by atoms with E-state index in [1.165, 1.54) is 5.56 Å². The third-order valence-electron chi connectivity index (χ3n) is 2.44. The second-order valence-electron chi connectivity index (χ2n) is 3.39. The van der Waals surface area contributed by atoms with Gasteiger partial charge in [-0.15, -0.1) is 0 Å². The number of nitrogens with zero attached hydrogens (tertiary/aromatic N) is 1. The fourth-order valence-electron chi connectivity index (χ4n) is 1.61. The summed E-state index contributed by atoms with van der Waals surface area (Å²) in [7, 11) is 1.69. The first-order valence-electron chi connectivity index (χ1n) is 4.87. The average Bonchev–Trinajstić information content (AvgIpc) is 2.30. The molecule has 1 aromatic carbocycles. The minimum Gasteiger partial charge on any atom is -0.496 e. The van der Waals surface area contributed by atoms with Crippen LogP contribution in [0.2, 0.25) is 0 Å². The quantitative estimate of drug-likeness (QED) is 0.741. The summed E-state index contributed by atoms with van der Waals surface area (Å²) in [5, 5.41) is 0. The number of rotatable bonds is 2. The van der Waals surface area contributed by atoms with Gasteiger partial charge in [0.1, 0.15) is 5.75 Å². The van der Waals surface area contributed by atoms with Crippen LogP contribution in [0, 0.1) is 6.92 Å². The molecule has 0 aliphatic rings. The normalized spacial score (nSPS) is 10.0. The Labute approximate surface area is 89.6 Å². The van der Waals surface area contributed by atoms with Crippen molar-refractivity contribution in [2.24, 2.45) is 0 Å². The summed E-state index contributed by atoms with van der Waals surface area (Å²) in [6.45, 7) is 2.07. The third-order valence-corrected chi connectivity index (χ3v) is 2.44. The first-order chi connectivity index (χ1) is 7.33. The predicted molar refractivity (Wildman–Crippen MR) is 61.0 cm³/mol. The molecular weight excluding hydrogens is 186 g/mol. The van der Waals surface area contributed by atoms with E-state index in [1.54, 1.807) is 13.3 Å². The van der Waals surface area contributed by atoms with Crippen LogP contribution >= 0.6 is 0 Å². The van der Waals surface area contributed by atoms with Gasteiger partial charge < -0.3 is 4.74 Å². The summed E-state index contributed by atoms with van der Waals surface area (Å²) < 4.78 is 5.33. The molecule has 0 radical (unpaired) electrons. The molecule has 0 saturated heterocycles. The molecule has 0 atom stereocenters. The summed E-state index contributed by atoms with van der Waals surface area (Å²) in [5.74, 6) is 0.883. The monoisotopic (exact) mass is 199 g/mol. The number of hydrogen-bond donors (Lipinski definition) is 0. The molecule has 0 aliphatic carbocycles. The van der Waals surface area contributed by atoms with Crippen molar-refractivity contribution in [2.45, 2.75) is 6.92 Å². The summed E-state index contributed by atoms with van der Waals surface area (Å²) in [4.78, 5) is 4.14. The second-order valence-corrected chi connectivity index (χ2v) is 3.39. The Kier molecular flexibility index (Phi) is 2.68. The van der Waals surface area contributed by atoms with E-state index in [-0.39, 0.29) is 0 Å². The van der Waals surface area contributed by atoms with Gasteiger partial charge in [0.15, 0.2) is 0 Å². The van der Waals surface area contributed by atoms with Gasteiger partial charge >= 0.3 is 0 Å². The van der Waals surface area contributed by atoms with Crippen LogP contribution in [-0.4, -0.2) is 12.1 Å². The van der Waals surface area contributed by atoms with Gasteiger partial charge in [0.2, 0.25) is 0 Å². The van der Waals surface area contributed by atoms with Gasteiger partial charge in [0.05, 0.1) is 7.11 Å². The molecule has 1 heterocycles. The number of ether oxygens (including phenoxy) is 1. The van der Waals surface area contributed by atoms with Crippen LogP contribution in [0.1, 0.15) is 5.56 Å². The number of hydrogen-bond acceptors (Lipinski definition) is 2. The fraction of sp³-hybridized carbons (Fsp3) is 0.154. The van der Waals surface area contributed by atoms with Crippen LogP contribution in [0.25, 0.3) is 11.1 Å². The summed E-state index contributed by atoms with van der Waals surface area (Å²) >= 11 is 0. The molecule has 1 aromatic heterocycles. The molecule has 0 amide bonds. The second kappa shape index (κ2) is 4.13. The van der Waals surface area contributed by atoms with E-state index in [0.29, 0.717) is 0 Å². The van der Waals surface area contributed by atoms with E-state index in [1.807, 2.05) is 36.5 Å². The number of para-hydroxylation sites is 1. The molecule has 0 aliphatic heterocycles. The fourth-order valence-corrected chi connectivity index (χ4v) is 1.61. The van der Waals surface area contributed by atoms with Crippen LogP contribution < -0.4 is 4.74 Å². The molecule has 2 nitrogen and oxygen atoms in total. The molecule has 15 heavy (non-hydrogen) atoms. The Morgan fingerprint density at radius 2 is 1.87 bits per heavy atom. The molecule has 0 saturated carbocycles. The Bertz CT molecular complexity index is 466. The molecule has 0 N–H and O–H groups in total. The Hall–Kier alpha value is -1.83. The lowest BCUT2D eigenvalue weighted by atomic mass is 10.0. The van der Waals surface area contributed by atoms with Gasteiger partial charge in [-0.05, 0) is 24.6 Å². The smallest absolute Gasteiger partial charge is 0.126 e. The van der Waals surface area contributed by atoms with Crippen molar-refractivity contribution >= 4 is 0 Å². The molecular formula is C13H13NO. The highest BCUT2D eigenvalue weighted by Crippen LogP contribution is 2.30. The molecule has 2 heteroatoms. The number of pyridine rings is 1. The van der Waals surface area contributed by atoms with Crippen molar-refractivity contribution in [1.82, 2.24) is 4.98 Å². The molecule has 0 unspecified atom stereocenters. The molecule has 2 aromatic rings. The van der Waals surface area contributed by atoms with Gasteiger partial charge in [0.25, 0.3) is 0 Å². The zero-order chi connectivity index (χ0) is 10.7. The standard InChI is InChI=1S/C13H13NO/c1-10-7-8-14-9-12(10)11-5-3-4-6-13(11)15-2/h3-9H,1-2H3. The van der Waals surface area contributed by atoms with Crippen molar-refractivity contribution in [1.29, 1.82) is 0 Å². The molecule has 2 rings (SSSR count). The highest BCUT2D eigenvalue weighted by molar-refractivity contribution is 5.72. The van der Waals surface area contributed by atoms with Crippen molar-refractivity contribution in [3.8, 4) is 16.9 Å². The Morgan fingerprint density at radius 3 is 2.60 bits per heavy atom. The number of methoxy groups -OCH3 is 1. The van der Waals surface area contributed by atoms with Crippen LogP contribution in [-0.2, 0) is 0 Å².